The molecule has 5 rings (SSSR count). The molecule has 3 aromatic carbocycles. The Bertz CT molecular complexity index is 1230. The highest BCUT2D eigenvalue weighted by atomic mass is 32.1. The molecule has 0 saturated carbocycles. The number of benzene rings is 3. The Balaban J connectivity index is 1.30. The van der Waals surface area contributed by atoms with Gasteiger partial charge in [0.15, 0.2) is 12.7 Å². The van der Waals surface area contributed by atoms with Crippen LogP contribution < -0.4 is 9.88 Å². The second-order valence-electron chi connectivity index (χ2n) is 7.80. The number of amides is 1. The highest BCUT2D eigenvalue weighted by Gasteiger charge is 2.17. The van der Waals surface area contributed by atoms with E-state index in [1.807, 2.05) is 36.4 Å². The Morgan fingerprint density at radius 1 is 0.935 bits per heavy atom. The standard InChI is InChI=1S/C27H22N2OS/c30-27(28-26-12-6-20(7-13-26)18-29-14-15-31-19-29)24-11-9-22-8-10-23(16-25(22)17-24)21-4-2-1-3-5-21/h1-8,10,12-17,19H,9,11,18H2/p+1. The minimum Gasteiger partial charge on any atom is -0.322 e. The lowest BCUT2D eigenvalue weighted by molar-refractivity contribution is -0.683. The predicted molar refractivity (Wildman–Crippen MR) is 127 cm³/mol. The average Bonchev–Trinajstić information content (AvgIpc) is 3.33. The molecule has 0 saturated heterocycles. The topological polar surface area (TPSA) is 33.0 Å². The molecule has 1 amide bonds. The number of rotatable bonds is 5. The third-order valence-corrected chi connectivity index (χ3v) is 6.31. The van der Waals surface area contributed by atoms with E-state index >= 15 is 0 Å². The van der Waals surface area contributed by atoms with E-state index < -0.39 is 0 Å². The second kappa shape index (κ2) is 8.70. The molecule has 0 fully saturated rings. The number of hydrogen-bond donors (Lipinski definition) is 1. The molecule has 152 valence electrons. The molecule has 1 aromatic heterocycles. The van der Waals surface area contributed by atoms with E-state index in [-0.39, 0.29) is 5.91 Å². The van der Waals surface area contributed by atoms with Crippen molar-refractivity contribution in [2.75, 3.05) is 5.32 Å². The van der Waals surface area contributed by atoms with Crippen LogP contribution in [0.15, 0.2) is 95.5 Å². The van der Waals surface area contributed by atoms with Gasteiger partial charge < -0.3 is 5.32 Å². The van der Waals surface area contributed by atoms with Crippen LogP contribution in [0.5, 0.6) is 0 Å². The van der Waals surface area contributed by atoms with Gasteiger partial charge in [0.05, 0.1) is 5.38 Å². The number of nitrogens with one attached hydrogen (secondary N) is 1. The molecule has 1 N–H and O–H groups in total. The van der Waals surface area contributed by atoms with Crippen molar-refractivity contribution in [3.8, 4) is 11.1 Å². The minimum absolute atomic E-state index is 0.0178. The summed E-state index contributed by atoms with van der Waals surface area (Å²) in [5, 5.41) is 5.13. The molecule has 0 unspecified atom stereocenters. The van der Waals surface area contributed by atoms with Crippen LogP contribution in [0.1, 0.15) is 23.1 Å². The van der Waals surface area contributed by atoms with Crippen LogP contribution in [0.2, 0.25) is 0 Å². The first kappa shape index (κ1) is 19.5. The van der Waals surface area contributed by atoms with Crippen LogP contribution in [0, 0.1) is 0 Å². The lowest BCUT2D eigenvalue weighted by Crippen LogP contribution is -2.30. The predicted octanol–water partition coefficient (Wildman–Crippen LogP) is 5.72. The summed E-state index contributed by atoms with van der Waals surface area (Å²) in [6.07, 6.45) is 5.76. The molecule has 0 radical (unpaired) electrons. The highest BCUT2D eigenvalue weighted by molar-refractivity contribution is 7.07. The molecule has 31 heavy (non-hydrogen) atoms. The van der Waals surface area contributed by atoms with Gasteiger partial charge in [0.1, 0.15) is 0 Å². The van der Waals surface area contributed by atoms with Crippen LogP contribution in [0.4, 0.5) is 5.69 Å². The number of hydrogen-bond acceptors (Lipinski definition) is 2. The van der Waals surface area contributed by atoms with Gasteiger partial charge in [-0.05, 0) is 59.4 Å². The van der Waals surface area contributed by atoms with E-state index in [0.717, 1.165) is 36.2 Å². The number of anilines is 1. The van der Waals surface area contributed by atoms with Crippen molar-refractivity contribution < 1.29 is 9.36 Å². The summed E-state index contributed by atoms with van der Waals surface area (Å²) in [7, 11) is 0. The first-order chi connectivity index (χ1) is 15.2. The molecule has 1 aliphatic rings. The van der Waals surface area contributed by atoms with Gasteiger partial charge in [-0.2, -0.15) is 4.57 Å². The van der Waals surface area contributed by atoms with E-state index in [1.54, 1.807) is 11.3 Å². The molecule has 3 nitrogen and oxygen atoms in total. The number of aryl methyl sites for hydroxylation is 1. The first-order valence-corrected chi connectivity index (χ1v) is 11.4. The Morgan fingerprint density at radius 2 is 1.77 bits per heavy atom. The second-order valence-corrected chi connectivity index (χ2v) is 8.55. The van der Waals surface area contributed by atoms with Gasteiger partial charge in [-0.3, -0.25) is 4.79 Å². The summed E-state index contributed by atoms with van der Waals surface area (Å²) in [4.78, 5) is 12.9. The number of nitrogens with zero attached hydrogens (tertiary/aromatic N) is 1. The normalized spacial score (nSPS) is 12.7. The minimum atomic E-state index is -0.0178. The molecule has 1 aliphatic carbocycles. The molecular formula is C27H23N2OS+. The molecule has 0 spiro atoms. The van der Waals surface area contributed by atoms with Crippen molar-refractivity contribution in [1.82, 2.24) is 0 Å². The van der Waals surface area contributed by atoms with Crippen molar-refractivity contribution in [2.24, 2.45) is 0 Å². The Kier molecular flexibility index (Phi) is 5.46. The van der Waals surface area contributed by atoms with Gasteiger partial charge in [-0.25, -0.2) is 0 Å². The lowest BCUT2D eigenvalue weighted by atomic mass is 9.89. The Hall–Kier alpha value is -3.50. The zero-order chi connectivity index (χ0) is 21.0. The van der Waals surface area contributed by atoms with Crippen molar-refractivity contribution in [3.63, 3.8) is 0 Å². The van der Waals surface area contributed by atoms with Gasteiger partial charge >= 0.3 is 0 Å². The summed E-state index contributed by atoms with van der Waals surface area (Å²) in [5.74, 6) is -0.0178. The van der Waals surface area contributed by atoms with Gasteiger partial charge in [0.25, 0.3) is 5.91 Å². The maximum Gasteiger partial charge on any atom is 0.251 e. The van der Waals surface area contributed by atoms with Gasteiger partial charge in [0, 0.05) is 16.8 Å². The van der Waals surface area contributed by atoms with Crippen molar-refractivity contribution in [2.45, 2.75) is 19.4 Å². The van der Waals surface area contributed by atoms with E-state index in [9.17, 15) is 4.79 Å². The fraction of sp³-hybridized carbons (Fsp3) is 0.111. The molecule has 4 heteroatoms. The van der Waals surface area contributed by atoms with Crippen LogP contribution in [-0.2, 0) is 17.8 Å². The van der Waals surface area contributed by atoms with E-state index in [1.165, 1.54) is 22.3 Å². The van der Waals surface area contributed by atoms with Crippen LogP contribution >= 0.6 is 11.3 Å². The fourth-order valence-corrected chi connectivity index (χ4v) is 4.54. The van der Waals surface area contributed by atoms with Crippen LogP contribution in [0.25, 0.3) is 17.2 Å². The fourth-order valence-electron chi connectivity index (χ4n) is 3.94. The van der Waals surface area contributed by atoms with Crippen LogP contribution in [0.3, 0.4) is 0 Å². The molecular weight excluding hydrogens is 400 g/mol. The molecule has 0 atom stereocenters. The van der Waals surface area contributed by atoms with E-state index in [0.29, 0.717) is 0 Å². The zero-order valence-corrected chi connectivity index (χ0v) is 17.9. The number of thiazole rings is 1. The average molecular weight is 424 g/mol. The molecule has 0 aliphatic heterocycles. The number of carbonyl (C=O) groups is 1. The van der Waals surface area contributed by atoms with Crippen molar-refractivity contribution >= 4 is 29.0 Å². The largest absolute Gasteiger partial charge is 0.322 e. The zero-order valence-electron chi connectivity index (χ0n) is 17.1. The Morgan fingerprint density at radius 3 is 2.55 bits per heavy atom. The maximum absolute atomic E-state index is 12.9. The number of fused-ring (bicyclic) bond motifs is 1. The highest BCUT2D eigenvalue weighted by Crippen LogP contribution is 2.29. The molecule has 0 bridgehead atoms. The van der Waals surface area contributed by atoms with Gasteiger partial charge in [0.2, 0.25) is 5.51 Å². The SMILES string of the molecule is O=C(Nc1ccc(C[n+]2ccsc2)cc1)C1=Cc2cc(-c3ccccc3)ccc2CC1. The maximum atomic E-state index is 12.9. The molecule has 1 heterocycles. The van der Waals surface area contributed by atoms with E-state index in [4.69, 9.17) is 0 Å². The quantitative estimate of drug-likeness (QED) is 0.409. The number of aromatic nitrogens is 1. The van der Waals surface area contributed by atoms with Crippen molar-refractivity contribution in [3.05, 3.63) is 112 Å². The number of carbonyl (C=O) groups excluding carboxylic acids is 1. The monoisotopic (exact) mass is 423 g/mol. The smallest absolute Gasteiger partial charge is 0.251 e. The van der Waals surface area contributed by atoms with Gasteiger partial charge in [-0.15, -0.1) is 0 Å². The lowest BCUT2D eigenvalue weighted by Gasteiger charge is -2.17. The summed E-state index contributed by atoms with van der Waals surface area (Å²) < 4.78 is 2.15. The third kappa shape index (κ3) is 4.49. The van der Waals surface area contributed by atoms with Crippen LogP contribution in [-0.4, -0.2) is 5.91 Å². The summed E-state index contributed by atoms with van der Waals surface area (Å²) in [5.41, 5.74) is 9.76. The summed E-state index contributed by atoms with van der Waals surface area (Å²) in [6.45, 7) is 0.837. The first-order valence-electron chi connectivity index (χ1n) is 10.4. The molecule has 4 aromatic rings. The Labute approximate surface area is 186 Å². The van der Waals surface area contributed by atoms with Gasteiger partial charge in [-0.1, -0.05) is 65.9 Å². The third-order valence-electron chi connectivity index (χ3n) is 5.64. The van der Waals surface area contributed by atoms with E-state index in [2.05, 4.69) is 69.4 Å². The summed E-state index contributed by atoms with van der Waals surface area (Å²) >= 11 is 1.68. The summed E-state index contributed by atoms with van der Waals surface area (Å²) in [6, 6.07) is 25.0. The van der Waals surface area contributed by atoms with Crippen molar-refractivity contribution in [1.29, 1.82) is 0 Å².